The van der Waals surface area contributed by atoms with Crippen LogP contribution in [0.5, 0.6) is 0 Å². The van der Waals surface area contributed by atoms with Crippen LogP contribution in [0, 0.1) is 11.8 Å². The summed E-state index contributed by atoms with van der Waals surface area (Å²) in [6.45, 7) is 14.0. The van der Waals surface area contributed by atoms with E-state index >= 15 is 0 Å². The smallest absolute Gasteiger partial charge is 0.0118 e. The molecule has 0 radical (unpaired) electrons. The molecule has 1 saturated carbocycles. The third-order valence-electron chi connectivity index (χ3n) is 3.77. The van der Waals surface area contributed by atoms with Crippen LogP contribution in [0.3, 0.4) is 0 Å². The van der Waals surface area contributed by atoms with Gasteiger partial charge < -0.3 is 10.2 Å². The van der Waals surface area contributed by atoms with Gasteiger partial charge in [0.05, 0.1) is 0 Å². The van der Waals surface area contributed by atoms with Crippen molar-refractivity contribution in [2.45, 2.75) is 53.0 Å². The fourth-order valence-electron chi connectivity index (χ4n) is 2.51. The van der Waals surface area contributed by atoms with Crippen LogP contribution in [0.25, 0.3) is 0 Å². The second-order valence-corrected chi connectivity index (χ2v) is 5.44. The van der Waals surface area contributed by atoms with Gasteiger partial charge in [0.2, 0.25) is 0 Å². The van der Waals surface area contributed by atoms with Crippen LogP contribution in [0.1, 0.15) is 47.0 Å². The number of nitrogens with one attached hydrogen (secondary N) is 1. The standard InChI is InChI=1S/C14H30N2/c1-5-16(6-2)11-7-10-15-14(12(3)4)13-8-9-13/h12-15H,5-11H2,1-4H3. The maximum absolute atomic E-state index is 3.76. The molecule has 96 valence electrons. The highest BCUT2D eigenvalue weighted by atomic mass is 15.1. The first-order valence-corrected chi connectivity index (χ1v) is 7.14. The zero-order chi connectivity index (χ0) is 12.0. The normalized spacial score (nSPS) is 18.4. The summed E-state index contributed by atoms with van der Waals surface area (Å²) in [5, 5.41) is 3.76. The van der Waals surface area contributed by atoms with Crippen LogP contribution in [0.15, 0.2) is 0 Å². The van der Waals surface area contributed by atoms with Gasteiger partial charge in [-0.25, -0.2) is 0 Å². The number of rotatable bonds is 9. The average Bonchev–Trinajstić information content (AvgIpc) is 3.07. The van der Waals surface area contributed by atoms with E-state index in [9.17, 15) is 0 Å². The Bertz CT molecular complexity index is 170. The molecule has 1 rings (SSSR count). The number of hydrogen-bond acceptors (Lipinski definition) is 2. The molecule has 0 aromatic carbocycles. The van der Waals surface area contributed by atoms with Crippen molar-refractivity contribution in [2.24, 2.45) is 11.8 Å². The van der Waals surface area contributed by atoms with Crippen LogP contribution in [-0.4, -0.2) is 37.1 Å². The summed E-state index contributed by atoms with van der Waals surface area (Å²) in [5.74, 6) is 1.77. The molecule has 0 heterocycles. The van der Waals surface area contributed by atoms with Gasteiger partial charge in [-0.2, -0.15) is 0 Å². The van der Waals surface area contributed by atoms with Crippen molar-refractivity contribution in [3.05, 3.63) is 0 Å². The third-order valence-corrected chi connectivity index (χ3v) is 3.77. The minimum atomic E-state index is 0.775. The summed E-state index contributed by atoms with van der Waals surface area (Å²) in [7, 11) is 0. The number of nitrogens with zero attached hydrogens (tertiary/aromatic N) is 1. The van der Waals surface area contributed by atoms with Crippen molar-refractivity contribution >= 4 is 0 Å². The molecular formula is C14H30N2. The highest BCUT2D eigenvalue weighted by Gasteiger charge is 2.32. The molecule has 0 aromatic rings. The van der Waals surface area contributed by atoms with Gasteiger partial charge in [0.1, 0.15) is 0 Å². The SMILES string of the molecule is CCN(CC)CCCNC(C(C)C)C1CC1. The molecule has 0 aromatic heterocycles. The summed E-state index contributed by atoms with van der Waals surface area (Å²) in [4.78, 5) is 2.50. The van der Waals surface area contributed by atoms with Crippen molar-refractivity contribution in [1.29, 1.82) is 0 Å². The highest BCUT2D eigenvalue weighted by molar-refractivity contribution is 4.88. The van der Waals surface area contributed by atoms with Crippen molar-refractivity contribution in [3.8, 4) is 0 Å². The topological polar surface area (TPSA) is 15.3 Å². The minimum Gasteiger partial charge on any atom is -0.313 e. The number of hydrogen-bond donors (Lipinski definition) is 1. The van der Waals surface area contributed by atoms with Gasteiger partial charge in [0.15, 0.2) is 0 Å². The van der Waals surface area contributed by atoms with E-state index in [1.54, 1.807) is 0 Å². The van der Waals surface area contributed by atoms with Gasteiger partial charge in [-0.1, -0.05) is 27.7 Å². The Morgan fingerprint density at radius 1 is 1.19 bits per heavy atom. The first kappa shape index (κ1) is 14.0. The van der Waals surface area contributed by atoms with Crippen molar-refractivity contribution in [3.63, 3.8) is 0 Å². The molecule has 0 saturated heterocycles. The van der Waals surface area contributed by atoms with Gasteiger partial charge in [-0.05, 0) is 57.3 Å². The summed E-state index contributed by atoms with van der Waals surface area (Å²) in [5.41, 5.74) is 0. The Hall–Kier alpha value is -0.0800. The zero-order valence-corrected chi connectivity index (χ0v) is 11.6. The van der Waals surface area contributed by atoms with E-state index in [2.05, 4.69) is 37.9 Å². The Morgan fingerprint density at radius 2 is 1.81 bits per heavy atom. The van der Waals surface area contributed by atoms with Crippen LogP contribution >= 0.6 is 0 Å². The van der Waals surface area contributed by atoms with E-state index in [1.807, 2.05) is 0 Å². The molecule has 1 aliphatic carbocycles. The van der Waals surface area contributed by atoms with Crippen molar-refractivity contribution in [1.82, 2.24) is 10.2 Å². The Morgan fingerprint density at radius 3 is 2.25 bits per heavy atom. The fourth-order valence-corrected chi connectivity index (χ4v) is 2.51. The molecule has 2 nitrogen and oxygen atoms in total. The molecule has 0 amide bonds. The van der Waals surface area contributed by atoms with Gasteiger partial charge in [-0.3, -0.25) is 0 Å². The highest BCUT2D eigenvalue weighted by Crippen LogP contribution is 2.35. The lowest BCUT2D eigenvalue weighted by Gasteiger charge is -2.23. The monoisotopic (exact) mass is 226 g/mol. The first-order chi connectivity index (χ1) is 7.69. The van der Waals surface area contributed by atoms with E-state index in [0.717, 1.165) is 17.9 Å². The van der Waals surface area contributed by atoms with E-state index in [1.165, 1.54) is 45.4 Å². The van der Waals surface area contributed by atoms with Crippen LogP contribution in [-0.2, 0) is 0 Å². The lowest BCUT2D eigenvalue weighted by Crippen LogP contribution is -2.37. The van der Waals surface area contributed by atoms with E-state index < -0.39 is 0 Å². The quantitative estimate of drug-likeness (QED) is 0.608. The second kappa shape index (κ2) is 7.29. The Labute approximate surface area is 102 Å². The maximum atomic E-state index is 3.76. The molecule has 1 N–H and O–H groups in total. The molecule has 1 aliphatic rings. The predicted molar refractivity (Wildman–Crippen MR) is 71.8 cm³/mol. The van der Waals surface area contributed by atoms with Crippen molar-refractivity contribution in [2.75, 3.05) is 26.2 Å². The van der Waals surface area contributed by atoms with E-state index in [0.29, 0.717) is 0 Å². The molecule has 1 unspecified atom stereocenters. The van der Waals surface area contributed by atoms with E-state index in [4.69, 9.17) is 0 Å². The molecule has 0 spiro atoms. The predicted octanol–water partition coefficient (Wildman–Crippen LogP) is 2.74. The lowest BCUT2D eigenvalue weighted by atomic mass is 9.99. The summed E-state index contributed by atoms with van der Waals surface area (Å²) < 4.78 is 0. The Kier molecular flexibility index (Phi) is 6.37. The van der Waals surface area contributed by atoms with Gasteiger partial charge in [0, 0.05) is 6.04 Å². The summed E-state index contributed by atoms with van der Waals surface area (Å²) >= 11 is 0. The molecular weight excluding hydrogens is 196 g/mol. The summed E-state index contributed by atoms with van der Waals surface area (Å²) in [6, 6.07) is 0.775. The molecule has 16 heavy (non-hydrogen) atoms. The molecule has 0 bridgehead atoms. The summed E-state index contributed by atoms with van der Waals surface area (Å²) in [6.07, 6.45) is 4.19. The fraction of sp³-hybridized carbons (Fsp3) is 1.00. The van der Waals surface area contributed by atoms with Gasteiger partial charge >= 0.3 is 0 Å². The minimum absolute atomic E-state index is 0.775. The lowest BCUT2D eigenvalue weighted by molar-refractivity contribution is 0.287. The van der Waals surface area contributed by atoms with Crippen molar-refractivity contribution < 1.29 is 0 Å². The molecule has 1 atom stereocenters. The zero-order valence-electron chi connectivity index (χ0n) is 11.6. The molecule has 1 fully saturated rings. The second-order valence-electron chi connectivity index (χ2n) is 5.44. The van der Waals surface area contributed by atoms with Crippen LogP contribution in [0.4, 0.5) is 0 Å². The first-order valence-electron chi connectivity index (χ1n) is 7.14. The average molecular weight is 226 g/mol. The van der Waals surface area contributed by atoms with Gasteiger partial charge in [0.25, 0.3) is 0 Å². The van der Waals surface area contributed by atoms with Crippen LogP contribution < -0.4 is 5.32 Å². The maximum Gasteiger partial charge on any atom is 0.0118 e. The molecule has 0 aliphatic heterocycles. The third kappa shape index (κ3) is 4.84. The van der Waals surface area contributed by atoms with Crippen LogP contribution in [0.2, 0.25) is 0 Å². The Balaban J connectivity index is 2.08. The molecule has 2 heteroatoms. The van der Waals surface area contributed by atoms with E-state index in [-0.39, 0.29) is 0 Å². The van der Waals surface area contributed by atoms with Gasteiger partial charge in [-0.15, -0.1) is 0 Å². The largest absolute Gasteiger partial charge is 0.313 e.